The molecule has 1 aromatic heterocycles. The molecular weight excluding hydrogens is 450 g/mol. The first-order valence-corrected chi connectivity index (χ1v) is 7.93. The molecule has 0 amide bonds. The largest absolute Gasteiger partial charge is 0.466 e. The predicted molar refractivity (Wildman–Crippen MR) is 108 cm³/mol. The first-order valence-electron chi connectivity index (χ1n) is 7.93. The van der Waals surface area contributed by atoms with Gasteiger partial charge in [0.15, 0.2) is 5.96 Å². The number of furan rings is 1. The highest BCUT2D eigenvalue weighted by Crippen LogP contribution is 2.19. The van der Waals surface area contributed by atoms with Gasteiger partial charge in [-0.15, -0.1) is 24.0 Å². The van der Waals surface area contributed by atoms with Crippen molar-refractivity contribution in [3.63, 3.8) is 0 Å². The van der Waals surface area contributed by atoms with E-state index in [0.29, 0.717) is 23.8 Å². The minimum Gasteiger partial charge on any atom is -0.466 e. The maximum atomic E-state index is 13.9. The highest BCUT2D eigenvalue weighted by atomic mass is 127. The van der Waals surface area contributed by atoms with Crippen LogP contribution in [0, 0.1) is 17.1 Å². The monoisotopic (exact) mass is 472 g/mol. The Morgan fingerprint density at radius 3 is 2.73 bits per heavy atom. The molecule has 0 radical (unpaired) electrons. The molecule has 3 N–H and O–H groups in total. The molecule has 0 aliphatic rings. The average Bonchev–Trinajstić information content (AvgIpc) is 3.13. The van der Waals surface area contributed by atoms with E-state index in [2.05, 4.69) is 15.6 Å². The van der Waals surface area contributed by atoms with Crippen molar-refractivity contribution >= 4 is 29.9 Å². The van der Waals surface area contributed by atoms with E-state index in [9.17, 15) is 9.50 Å². The lowest BCUT2D eigenvalue weighted by atomic mass is 10.0. The highest BCUT2D eigenvalue weighted by molar-refractivity contribution is 14.0. The smallest absolute Gasteiger partial charge is 0.191 e. The Hall–Kier alpha value is -2.12. The van der Waals surface area contributed by atoms with Crippen molar-refractivity contribution < 1.29 is 13.9 Å². The lowest BCUT2D eigenvalue weighted by Gasteiger charge is -2.22. The van der Waals surface area contributed by atoms with E-state index >= 15 is 0 Å². The lowest BCUT2D eigenvalue weighted by molar-refractivity contribution is 0.0386. The van der Waals surface area contributed by atoms with Crippen LogP contribution in [-0.4, -0.2) is 24.2 Å². The quantitative estimate of drug-likeness (QED) is 0.342. The predicted octanol–water partition coefficient (Wildman–Crippen LogP) is 2.87. The van der Waals surface area contributed by atoms with Gasteiger partial charge in [0.25, 0.3) is 0 Å². The molecule has 0 aliphatic heterocycles. The number of aliphatic imine (C=N–C) groups is 1. The molecule has 8 heteroatoms. The zero-order valence-electron chi connectivity index (χ0n) is 14.6. The van der Waals surface area contributed by atoms with Crippen molar-refractivity contribution in [3.05, 3.63) is 59.3 Å². The van der Waals surface area contributed by atoms with Gasteiger partial charge >= 0.3 is 0 Å². The van der Waals surface area contributed by atoms with Crippen LogP contribution in [-0.2, 0) is 12.1 Å². The van der Waals surface area contributed by atoms with Crippen molar-refractivity contribution in [1.29, 1.82) is 5.26 Å². The van der Waals surface area contributed by atoms with Crippen molar-refractivity contribution in [1.82, 2.24) is 10.6 Å². The van der Waals surface area contributed by atoms with Crippen LogP contribution < -0.4 is 10.6 Å². The summed E-state index contributed by atoms with van der Waals surface area (Å²) in [5.41, 5.74) is -0.557. The van der Waals surface area contributed by atoms with Crippen LogP contribution in [0.4, 0.5) is 4.39 Å². The molecule has 26 heavy (non-hydrogen) atoms. The Morgan fingerprint density at radius 2 is 2.15 bits per heavy atom. The Bertz CT molecular complexity index is 770. The van der Waals surface area contributed by atoms with Gasteiger partial charge in [0.1, 0.15) is 17.2 Å². The first-order chi connectivity index (χ1) is 12.0. The molecule has 1 heterocycles. The maximum Gasteiger partial charge on any atom is 0.191 e. The van der Waals surface area contributed by atoms with Crippen molar-refractivity contribution in [2.45, 2.75) is 26.0 Å². The number of rotatable bonds is 6. The number of nitrogens with zero attached hydrogens (tertiary/aromatic N) is 2. The molecule has 0 aliphatic carbocycles. The van der Waals surface area contributed by atoms with E-state index < -0.39 is 11.4 Å². The fourth-order valence-corrected chi connectivity index (χ4v) is 2.18. The number of benzene rings is 1. The first kappa shape index (κ1) is 21.9. The topological polar surface area (TPSA) is 93.6 Å². The van der Waals surface area contributed by atoms with Crippen LogP contribution in [0.2, 0.25) is 0 Å². The lowest BCUT2D eigenvalue weighted by Crippen LogP contribution is -2.44. The van der Waals surface area contributed by atoms with Crippen LogP contribution in [0.25, 0.3) is 0 Å². The summed E-state index contributed by atoms with van der Waals surface area (Å²) in [6, 6.07) is 9.57. The van der Waals surface area contributed by atoms with Crippen LogP contribution in [0.15, 0.2) is 46.0 Å². The molecule has 0 fully saturated rings. The summed E-state index contributed by atoms with van der Waals surface area (Å²) in [5, 5.41) is 25.3. The van der Waals surface area contributed by atoms with Gasteiger partial charge < -0.3 is 20.2 Å². The summed E-state index contributed by atoms with van der Waals surface area (Å²) >= 11 is 0. The molecule has 2 aromatic rings. The van der Waals surface area contributed by atoms with E-state index in [1.54, 1.807) is 31.2 Å². The minimum atomic E-state index is -1.21. The molecule has 0 saturated heterocycles. The van der Waals surface area contributed by atoms with E-state index in [-0.39, 0.29) is 42.6 Å². The van der Waals surface area contributed by atoms with Gasteiger partial charge in [-0.3, -0.25) is 0 Å². The van der Waals surface area contributed by atoms with E-state index in [0.717, 1.165) is 0 Å². The fraction of sp³-hybridized carbons (Fsp3) is 0.333. The van der Waals surface area contributed by atoms with Gasteiger partial charge in [0.2, 0.25) is 0 Å². The second-order valence-electron chi connectivity index (χ2n) is 5.72. The number of nitriles is 1. The molecule has 0 spiro atoms. The third-order valence-corrected chi connectivity index (χ3v) is 3.59. The van der Waals surface area contributed by atoms with Crippen molar-refractivity contribution in [3.8, 4) is 6.07 Å². The number of nitrogens with one attached hydrogen (secondary N) is 2. The fourth-order valence-electron chi connectivity index (χ4n) is 2.18. The Morgan fingerprint density at radius 1 is 1.38 bits per heavy atom. The minimum absolute atomic E-state index is 0. The zero-order valence-corrected chi connectivity index (χ0v) is 17.0. The van der Waals surface area contributed by atoms with E-state index in [1.807, 2.05) is 13.0 Å². The molecule has 2 rings (SSSR count). The molecule has 6 nitrogen and oxygen atoms in total. The number of hydrogen-bond acceptors (Lipinski definition) is 4. The van der Waals surface area contributed by atoms with Crippen LogP contribution in [0.5, 0.6) is 0 Å². The van der Waals surface area contributed by atoms with Crippen LogP contribution in [0.1, 0.15) is 30.7 Å². The summed E-state index contributed by atoms with van der Waals surface area (Å²) < 4.78 is 19.2. The maximum absolute atomic E-state index is 13.9. The van der Waals surface area contributed by atoms with Crippen LogP contribution in [0.3, 0.4) is 0 Å². The molecule has 140 valence electrons. The zero-order chi connectivity index (χ0) is 18.3. The molecule has 0 bridgehead atoms. The Labute approximate surface area is 169 Å². The Kier molecular flexibility index (Phi) is 8.54. The molecular formula is C18H22FIN4O2. The van der Waals surface area contributed by atoms with Crippen LogP contribution >= 0.6 is 24.0 Å². The standard InChI is InChI=1S/C18H21FN4O2.HI/c1-3-21-17(23-12-18(2,24)16-5-4-8-25-16)22-11-14-7-6-13(10-20)9-15(14)19;/h4-9,24H,3,11-12H2,1-2H3,(H2,21,22,23);1H. The summed E-state index contributed by atoms with van der Waals surface area (Å²) in [5.74, 6) is 0.410. The molecule has 1 unspecified atom stereocenters. The second kappa shape index (κ2) is 10.1. The van der Waals surface area contributed by atoms with Gasteiger partial charge in [-0.2, -0.15) is 5.26 Å². The summed E-state index contributed by atoms with van der Waals surface area (Å²) in [4.78, 5) is 4.31. The van der Waals surface area contributed by atoms with Gasteiger partial charge in [0.05, 0.1) is 31.0 Å². The number of halogens is 2. The van der Waals surface area contributed by atoms with Gasteiger partial charge in [-0.25, -0.2) is 9.38 Å². The number of aliphatic hydroxyl groups is 1. The highest BCUT2D eigenvalue weighted by Gasteiger charge is 2.26. The summed E-state index contributed by atoms with van der Waals surface area (Å²) in [7, 11) is 0. The van der Waals surface area contributed by atoms with Crippen molar-refractivity contribution in [2.75, 3.05) is 13.1 Å². The van der Waals surface area contributed by atoms with E-state index in [1.165, 1.54) is 12.3 Å². The molecule has 1 aromatic carbocycles. The van der Waals surface area contributed by atoms with Crippen molar-refractivity contribution in [2.24, 2.45) is 4.99 Å². The normalized spacial score (nSPS) is 13.3. The van der Waals surface area contributed by atoms with Gasteiger partial charge in [0, 0.05) is 12.1 Å². The molecule has 0 saturated carbocycles. The van der Waals surface area contributed by atoms with Gasteiger partial charge in [-0.05, 0) is 38.1 Å². The number of guanidine groups is 1. The average molecular weight is 472 g/mol. The van der Waals surface area contributed by atoms with Gasteiger partial charge in [-0.1, -0.05) is 6.07 Å². The van der Waals surface area contributed by atoms with E-state index in [4.69, 9.17) is 9.68 Å². The summed E-state index contributed by atoms with van der Waals surface area (Å²) in [6.45, 7) is 4.43. The Balaban J connectivity index is 0.00000338. The summed E-state index contributed by atoms with van der Waals surface area (Å²) in [6.07, 6.45) is 1.50. The second-order valence-corrected chi connectivity index (χ2v) is 5.72. The third kappa shape index (κ3) is 6.00. The number of hydrogen-bond donors (Lipinski definition) is 3. The SMILES string of the molecule is CCNC(=NCc1ccc(C#N)cc1F)NCC(C)(O)c1ccco1.I. The molecule has 1 atom stereocenters. The third-order valence-electron chi connectivity index (χ3n) is 3.59.